The first kappa shape index (κ1) is 18.4. The highest BCUT2D eigenvalue weighted by Crippen LogP contribution is 2.24. The van der Waals surface area contributed by atoms with Gasteiger partial charge in [0, 0.05) is 16.6 Å². The van der Waals surface area contributed by atoms with Gasteiger partial charge in [-0.1, -0.05) is 48.5 Å². The molecule has 4 rings (SSSR count). The zero-order valence-corrected chi connectivity index (χ0v) is 15.1. The monoisotopic (exact) mass is 389 g/mol. The number of anilines is 1. The predicted octanol–water partition coefficient (Wildman–Crippen LogP) is 4.24. The fraction of sp³-hybridized carbons (Fsp3) is 0.0455. The van der Waals surface area contributed by atoms with Crippen LogP contribution in [0.5, 0.6) is 0 Å². The van der Waals surface area contributed by atoms with E-state index >= 15 is 0 Å². The van der Waals surface area contributed by atoms with Gasteiger partial charge in [-0.2, -0.15) is 5.10 Å². The summed E-state index contributed by atoms with van der Waals surface area (Å²) in [5.74, 6) is -1.71. The topological polar surface area (TPSA) is 84.1 Å². The number of aromatic nitrogens is 2. The molecule has 0 saturated carbocycles. The van der Waals surface area contributed by atoms with E-state index in [4.69, 9.17) is 4.74 Å². The number of rotatable bonds is 5. The molecule has 1 heterocycles. The van der Waals surface area contributed by atoms with Crippen LogP contribution in [-0.2, 0) is 9.53 Å². The van der Waals surface area contributed by atoms with E-state index in [1.807, 2.05) is 6.07 Å². The fourth-order valence-corrected chi connectivity index (χ4v) is 2.92. The molecule has 3 aromatic carbocycles. The Morgan fingerprint density at radius 3 is 2.38 bits per heavy atom. The van der Waals surface area contributed by atoms with E-state index in [2.05, 4.69) is 15.5 Å². The van der Waals surface area contributed by atoms with Crippen LogP contribution in [0.1, 0.15) is 22.2 Å². The molecule has 2 N–H and O–H groups in total. The maximum atomic E-state index is 13.1. The van der Waals surface area contributed by atoms with Crippen molar-refractivity contribution < 1.29 is 18.7 Å². The number of hydrogen-bond acceptors (Lipinski definition) is 4. The van der Waals surface area contributed by atoms with Gasteiger partial charge < -0.3 is 10.1 Å². The number of benzene rings is 3. The molecule has 1 aromatic heterocycles. The minimum Gasteiger partial charge on any atom is -0.442 e. The first-order chi connectivity index (χ1) is 14.1. The summed E-state index contributed by atoms with van der Waals surface area (Å²) >= 11 is 0. The van der Waals surface area contributed by atoms with Crippen LogP contribution in [0.15, 0.2) is 78.9 Å². The molecule has 29 heavy (non-hydrogen) atoms. The van der Waals surface area contributed by atoms with Crippen LogP contribution in [0.2, 0.25) is 0 Å². The van der Waals surface area contributed by atoms with Gasteiger partial charge in [0.15, 0.2) is 5.69 Å². The number of esters is 1. The molecule has 0 radical (unpaired) electrons. The van der Waals surface area contributed by atoms with Crippen molar-refractivity contribution in [3.8, 4) is 0 Å². The second-order valence-corrected chi connectivity index (χ2v) is 6.31. The molecule has 0 saturated heterocycles. The van der Waals surface area contributed by atoms with Crippen LogP contribution in [0.4, 0.5) is 10.1 Å². The molecule has 1 unspecified atom stereocenters. The van der Waals surface area contributed by atoms with Crippen molar-refractivity contribution >= 4 is 28.5 Å². The summed E-state index contributed by atoms with van der Waals surface area (Å²) in [7, 11) is 0. The van der Waals surface area contributed by atoms with Crippen molar-refractivity contribution in [1.82, 2.24) is 10.2 Å². The molecule has 0 spiro atoms. The van der Waals surface area contributed by atoms with Gasteiger partial charge in [0.25, 0.3) is 5.91 Å². The number of carbonyl (C=O) groups excluding carboxylic acids is 2. The lowest BCUT2D eigenvalue weighted by Crippen LogP contribution is -2.26. The van der Waals surface area contributed by atoms with E-state index in [0.29, 0.717) is 22.2 Å². The number of fused-ring (bicyclic) bond motifs is 1. The lowest BCUT2D eigenvalue weighted by molar-refractivity contribution is -0.125. The predicted molar refractivity (Wildman–Crippen MR) is 106 cm³/mol. The third-order valence-electron chi connectivity index (χ3n) is 4.34. The summed E-state index contributed by atoms with van der Waals surface area (Å²) in [6.45, 7) is 0. The minimum absolute atomic E-state index is 0.0936. The number of carbonyl (C=O) groups is 2. The van der Waals surface area contributed by atoms with Gasteiger partial charge in [-0.15, -0.1) is 0 Å². The third kappa shape index (κ3) is 3.98. The van der Waals surface area contributed by atoms with Gasteiger partial charge in [0.2, 0.25) is 6.10 Å². The highest BCUT2D eigenvalue weighted by Gasteiger charge is 2.27. The summed E-state index contributed by atoms with van der Waals surface area (Å²) in [6.07, 6.45) is -1.20. The number of hydrogen-bond donors (Lipinski definition) is 2. The molecule has 0 aliphatic heterocycles. The Hall–Kier alpha value is -4.00. The Morgan fingerprint density at radius 1 is 0.931 bits per heavy atom. The first-order valence-corrected chi connectivity index (χ1v) is 8.87. The van der Waals surface area contributed by atoms with Crippen LogP contribution in [0, 0.1) is 5.82 Å². The number of nitrogens with one attached hydrogen (secondary N) is 2. The third-order valence-corrected chi connectivity index (χ3v) is 4.34. The summed E-state index contributed by atoms with van der Waals surface area (Å²) in [6, 6.07) is 21.1. The molecular formula is C22H16FN3O3. The van der Waals surface area contributed by atoms with Crippen LogP contribution >= 0.6 is 0 Å². The van der Waals surface area contributed by atoms with Crippen molar-refractivity contribution in [2.24, 2.45) is 0 Å². The van der Waals surface area contributed by atoms with Crippen molar-refractivity contribution in [3.63, 3.8) is 0 Å². The molecule has 0 fully saturated rings. The van der Waals surface area contributed by atoms with Gasteiger partial charge in [-0.25, -0.2) is 9.18 Å². The Balaban J connectivity index is 1.61. The first-order valence-electron chi connectivity index (χ1n) is 8.87. The normalized spacial score (nSPS) is 11.8. The molecule has 0 bridgehead atoms. The number of para-hydroxylation sites is 1. The number of amides is 1. The molecule has 6 nitrogen and oxygen atoms in total. The molecule has 4 aromatic rings. The Kier molecular flexibility index (Phi) is 5.03. The second-order valence-electron chi connectivity index (χ2n) is 6.31. The number of nitrogens with zero attached hydrogens (tertiary/aromatic N) is 1. The van der Waals surface area contributed by atoms with E-state index in [1.54, 1.807) is 48.5 Å². The van der Waals surface area contributed by atoms with Crippen molar-refractivity contribution in [2.75, 3.05) is 5.32 Å². The lowest BCUT2D eigenvalue weighted by Gasteiger charge is -2.17. The van der Waals surface area contributed by atoms with E-state index < -0.39 is 23.8 Å². The lowest BCUT2D eigenvalue weighted by atomic mass is 10.1. The quantitative estimate of drug-likeness (QED) is 0.500. The van der Waals surface area contributed by atoms with Crippen molar-refractivity contribution in [2.45, 2.75) is 6.10 Å². The van der Waals surface area contributed by atoms with Crippen LogP contribution in [0.3, 0.4) is 0 Å². The number of aromatic amines is 1. The molecule has 1 amide bonds. The highest BCUT2D eigenvalue weighted by molar-refractivity contribution is 6.03. The molecule has 0 aliphatic carbocycles. The Labute approximate surface area is 165 Å². The maximum Gasteiger partial charge on any atom is 0.360 e. The summed E-state index contributed by atoms with van der Waals surface area (Å²) in [5.41, 5.74) is 1.67. The summed E-state index contributed by atoms with van der Waals surface area (Å²) in [4.78, 5) is 25.6. The van der Waals surface area contributed by atoms with Crippen molar-refractivity contribution in [1.29, 1.82) is 0 Å². The number of halogens is 1. The molecule has 7 heteroatoms. The summed E-state index contributed by atoms with van der Waals surface area (Å²) in [5, 5.41) is 10.0. The Morgan fingerprint density at radius 2 is 1.62 bits per heavy atom. The largest absolute Gasteiger partial charge is 0.442 e. The summed E-state index contributed by atoms with van der Waals surface area (Å²) < 4.78 is 18.7. The number of H-pyrrole nitrogens is 1. The second kappa shape index (κ2) is 7.93. The van der Waals surface area contributed by atoms with Crippen LogP contribution in [0.25, 0.3) is 10.9 Å². The van der Waals surface area contributed by atoms with E-state index in [9.17, 15) is 14.0 Å². The zero-order chi connectivity index (χ0) is 20.2. The average molecular weight is 389 g/mol. The highest BCUT2D eigenvalue weighted by atomic mass is 19.1. The minimum atomic E-state index is -1.20. The van der Waals surface area contributed by atoms with E-state index in [1.165, 1.54) is 24.3 Å². The van der Waals surface area contributed by atoms with Gasteiger partial charge in [-0.3, -0.25) is 9.89 Å². The molecule has 1 atom stereocenters. The number of ether oxygens (including phenoxy) is 1. The fourth-order valence-electron chi connectivity index (χ4n) is 2.92. The van der Waals surface area contributed by atoms with Gasteiger partial charge in [-0.05, 0) is 30.3 Å². The van der Waals surface area contributed by atoms with E-state index in [0.717, 1.165) is 0 Å². The maximum absolute atomic E-state index is 13.1. The van der Waals surface area contributed by atoms with Crippen molar-refractivity contribution in [3.05, 3.63) is 95.9 Å². The van der Waals surface area contributed by atoms with Gasteiger partial charge in [0.1, 0.15) is 5.82 Å². The van der Waals surface area contributed by atoms with Gasteiger partial charge >= 0.3 is 5.97 Å². The Bertz CT molecular complexity index is 1160. The zero-order valence-electron chi connectivity index (χ0n) is 15.1. The molecule has 144 valence electrons. The SMILES string of the molecule is O=C(OC(C(=O)Nc1ccc(F)cc1)c1ccccc1)c1n[nH]c2ccccc12. The van der Waals surface area contributed by atoms with Gasteiger partial charge in [0.05, 0.1) is 5.52 Å². The molecular weight excluding hydrogens is 373 g/mol. The van der Waals surface area contributed by atoms with E-state index in [-0.39, 0.29) is 5.69 Å². The smallest absolute Gasteiger partial charge is 0.360 e. The van der Waals surface area contributed by atoms with Crippen LogP contribution in [-0.4, -0.2) is 22.1 Å². The molecule has 0 aliphatic rings. The average Bonchev–Trinajstić information content (AvgIpc) is 3.18. The standard InChI is InChI=1S/C22H16FN3O3/c23-15-10-12-16(13-11-15)24-21(27)20(14-6-2-1-3-7-14)29-22(28)19-17-8-4-5-9-18(17)25-26-19/h1-13,20H,(H,24,27)(H,25,26). The van der Waals surface area contributed by atoms with Crippen LogP contribution < -0.4 is 5.32 Å².